The molecule has 0 atom stereocenters. The van der Waals surface area contributed by atoms with Crippen molar-refractivity contribution in [3.63, 3.8) is 0 Å². The maximum absolute atomic E-state index is 5.50. The van der Waals surface area contributed by atoms with Gasteiger partial charge in [0.2, 0.25) is 0 Å². The molecule has 3 aromatic rings. The topological polar surface area (TPSA) is 48.1 Å². The quantitative estimate of drug-likeness (QED) is 0.375. The lowest BCUT2D eigenvalue weighted by atomic mass is 10.2. The number of nitrogens with one attached hydrogen (secondary N) is 4. The third-order valence-electron chi connectivity index (χ3n) is 4.22. The van der Waals surface area contributed by atoms with Crippen LogP contribution in [-0.4, -0.2) is 10.2 Å². The number of hydrogen-bond acceptors (Lipinski definition) is 2. The molecule has 0 saturated carbocycles. The van der Waals surface area contributed by atoms with Gasteiger partial charge < -0.3 is 21.3 Å². The van der Waals surface area contributed by atoms with Gasteiger partial charge in [-0.15, -0.1) is 0 Å². The Labute approximate surface area is 182 Å². The Morgan fingerprint density at radius 3 is 1.55 bits per heavy atom. The first-order valence-corrected chi connectivity index (χ1v) is 10.1. The highest BCUT2D eigenvalue weighted by Crippen LogP contribution is 2.24. The Hall–Kier alpha value is -2.96. The van der Waals surface area contributed by atoms with Gasteiger partial charge in [0.1, 0.15) is 0 Å². The molecule has 0 amide bonds. The summed E-state index contributed by atoms with van der Waals surface area (Å²) in [5.74, 6) is 0. The van der Waals surface area contributed by atoms with E-state index in [1.807, 2.05) is 87.5 Å². The molecule has 0 aromatic heterocycles. The molecule has 3 rings (SSSR count). The molecule has 6 heteroatoms. The predicted molar refractivity (Wildman–Crippen MR) is 133 cm³/mol. The molecule has 0 fully saturated rings. The van der Waals surface area contributed by atoms with E-state index >= 15 is 0 Å². The van der Waals surface area contributed by atoms with Gasteiger partial charge in [-0.3, -0.25) is 0 Å². The second kappa shape index (κ2) is 9.49. The SMILES string of the molecule is Cc1cccc(NC(=S)Nc2ccc(C)cc2NC(=S)Nc2cccc(C)c2)c1. The number of aryl methyl sites for hydroxylation is 3. The minimum atomic E-state index is 0.514. The molecular formula is C23H24N4S2. The van der Waals surface area contributed by atoms with Crippen molar-refractivity contribution in [3.05, 3.63) is 83.4 Å². The minimum Gasteiger partial charge on any atom is -0.332 e. The summed E-state index contributed by atoms with van der Waals surface area (Å²) in [6.07, 6.45) is 0. The van der Waals surface area contributed by atoms with Gasteiger partial charge in [-0.1, -0.05) is 30.3 Å². The van der Waals surface area contributed by atoms with Crippen molar-refractivity contribution in [2.24, 2.45) is 0 Å². The Morgan fingerprint density at radius 2 is 1.03 bits per heavy atom. The van der Waals surface area contributed by atoms with E-state index in [1.54, 1.807) is 0 Å². The molecule has 29 heavy (non-hydrogen) atoms. The smallest absolute Gasteiger partial charge is 0.175 e. The highest BCUT2D eigenvalue weighted by Gasteiger charge is 2.08. The lowest BCUT2D eigenvalue weighted by molar-refractivity contribution is 1.44. The highest BCUT2D eigenvalue weighted by atomic mass is 32.1. The van der Waals surface area contributed by atoms with Crippen LogP contribution in [0.3, 0.4) is 0 Å². The van der Waals surface area contributed by atoms with Crippen LogP contribution in [0.4, 0.5) is 22.7 Å². The summed E-state index contributed by atoms with van der Waals surface area (Å²) in [6.45, 7) is 6.13. The summed E-state index contributed by atoms with van der Waals surface area (Å²) < 4.78 is 0. The molecule has 0 heterocycles. The molecule has 0 bridgehead atoms. The lowest BCUT2D eigenvalue weighted by Crippen LogP contribution is -2.23. The van der Waals surface area contributed by atoms with Gasteiger partial charge in [0.05, 0.1) is 11.4 Å². The van der Waals surface area contributed by atoms with Gasteiger partial charge >= 0.3 is 0 Å². The number of hydrogen-bond donors (Lipinski definition) is 4. The monoisotopic (exact) mass is 420 g/mol. The Bertz CT molecular complexity index is 1050. The van der Waals surface area contributed by atoms with E-state index in [0.29, 0.717) is 10.2 Å². The highest BCUT2D eigenvalue weighted by molar-refractivity contribution is 7.81. The van der Waals surface area contributed by atoms with Crippen molar-refractivity contribution in [1.29, 1.82) is 0 Å². The van der Waals surface area contributed by atoms with Crippen LogP contribution < -0.4 is 21.3 Å². The van der Waals surface area contributed by atoms with Crippen molar-refractivity contribution in [2.75, 3.05) is 21.3 Å². The van der Waals surface area contributed by atoms with Crippen molar-refractivity contribution in [2.45, 2.75) is 20.8 Å². The molecule has 0 saturated heterocycles. The van der Waals surface area contributed by atoms with Crippen LogP contribution in [0.2, 0.25) is 0 Å². The largest absolute Gasteiger partial charge is 0.332 e. The average Bonchev–Trinajstić information content (AvgIpc) is 2.64. The zero-order chi connectivity index (χ0) is 20.8. The van der Waals surface area contributed by atoms with Crippen LogP contribution in [-0.2, 0) is 0 Å². The number of anilines is 4. The summed E-state index contributed by atoms with van der Waals surface area (Å²) in [5, 5.41) is 14.0. The van der Waals surface area contributed by atoms with Crippen molar-refractivity contribution in [3.8, 4) is 0 Å². The Kier molecular flexibility index (Phi) is 6.80. The first-order valence-electron chi connectivity index (χ1n) is 9.29. The summed E-state index contributed by atoms with van der Waals surface area (Å²) in [4.78, 5) is 0. The van der Waals surface area contributed by atoms with Crippen LogP contribution in [0, 0.1) is 20.8 Å². The fourth-order valence-electron chi connectivity index (χ4n) is 2.89. The van der Waals surface area contributed by atoms with Gasteiger partial charge in [0.25, 0.3) is 0 Å². The molecule has 0 spiro atoms. The second-order valence-electron chi connectivity index (χ2n) is 6.95. The van der Waals surface area contributed by atoms with E-state index < -0.39 is 0 Å². The summed E-state index contributed by atoms with van der Waals surface area (Å²) in [6, 6.07) is 22.2. The van der Waals surface area contributed by atoms with Crippen LogP contribution in [0.1, 0.15) is 16.7 Å². The standard InChI is InChI=1S/C23H24N4S2/c1-15-6-4-8-18(12-15)24-22(28)26-20-11-10-17(3)14-21(20)27-23(29)25-19-9-5-7-16(2)13-19/h4-14H,1-3H3,(H2,24,26,28)(H2,25,27,29). The van der Waals surface area contributed by atoms with Crippen molar-refractivity contribution >= 4 is 57.4 Å². The zero-order valence-corrected chi connectivity index (χ0v) is 18.3. The maximum atomic E-state index is 5.50. The number of benzene rings is 3. The van der Waals surface area contributed by atoms with Gasteiger partial charge in [-0.2, -0.15) is 0 Å². The van der Waals surface area contributed by atoms with Crippen LogP contribution in [0.15, 0.2) is 66.7 Å². The molecule has 0 aliphatic heterocycles. The van der Waals surface area contributed by atoms with E-state index in [9.17, 15) is 0 Å². The second-order valence-corrected chi connectivity index (χ2v) is 7.76. The van der Waals surface area contributed by atoms with Gasteiger partial charge in [0, 0.05) is 11.4 Å². The molecule has 0 aliphatic rings. The van der Waals surface area contributed by atoms with E-state index in [2.05, 4.69) is 21.3 Å². The Morgan fingerprint density at radius 1 is 0.552 bits per heavy atom. The lowest BCUT2D eigenvalue weighted by Gasteiger charge is -2.17. The average molecular weight is 421 g/mol. The normalized spacial score (nSPS) is 10.2. The van der Waals surface area contributed by atoms with E-state index in [-0.39, 0.29) is 0 Å². The molecule has 0 radical (unpaired) electrons. The molecule has 4 N–H and O–H groups in total. The number of thiocarbonyl (C=S) groups is 2. The van der Waals surface area contributed by atoms with Crippen LogP contribution in [0.25, 0.3) is 0 Å². The fourth-order valence-corrected chi connectivity index (χ4v) is 3.34. The van der Waals surface area contributed by atoms with Crippen molar-refractivity contribution < 1.29 is 0 Å². The number of rotatable bonds is 4. The molecule has 0 aliphatic carbocycles. The van der Waals surface area contributed by atoms with E-state index in [0.717, 1.165) is 28.3 Å². The third kappa shape index (κ3) is 6.27. The minimum absolute atomic E-state index is 0.514. The molecule has 0 unspecified atom stereocenters. The summed E-state index contributed by atoms with van der Waals surface area (Å²) >= 11 is 11.0. The van der Waals surface area contributed by atoms with Crippen LogP contribution in [0.5, 0.6) is 0 Å². The molecular weight excluding hydrogens is 396 g/mol. The summed E-state index contributed by atoms with van der Waals surface area (Å²) in [5.41, 5.74) is 7.04. The van der Waals surface area contributed by atoms with E-state index in [4.69, 9.17) is 24.4 Å². The van der Waals surface area contributed by atoms with Crippen LogP contribution >= 0.6 is 24.4 Å². The van der Waals surface area contributed by atoms with E-state index in [1.165, 1.54) is 11.1 Å². The molecule has 3 aromatic carbocycles. The maximum Gasteiger partial charge on any atom is 0.175 e. The zero-order valence-electron chi connectivity index (χ0n) is 16.7. The van der Waals surface area contributed by atoms with Gasteiger partial charge in [0.15, 0.2) is 10.2 Å². The predicted octanol–water partition coefficient (Wildman–Crippen LogP) is 6.23. The molecule has 148 valence electrons. The Balaban J connectivity index is 1.70. The fraction of sp³-hybridized carbons (Fsp3) is 0.130. The summed E-state index contributed by atoms with van der Waals surface area (Å²) in [7, 11) is 0. The first kappa shape index (κ1) is 20.8. The van der Waals surface area contributed by atoms with Crippen molar-refractivity contribution in [1.82, 2.24) is 0 Å². The molecule has 4 nitrogen and oxygen atoms in total. The third-order valence-corrected chi connectivity index (χ3v) is 4.63. The van der Waals surface area contributed by atoms with Gasteiger partial charge in [-0.05, 0) is 98.3 Å². The first-order chi connectivity index (χ1) is 13.9. The van der Waals surface area contributed by atoms with Gasteiger partial charge in [-0.25, -0.2) is 0 Å².